The first kappa shape index (κ1) is 22.2. The van der Waals surface area contributed by atoms with Crippen molar-refractivity contribution in [3.8, 4) is 16.9 Å². The van der Waals surface area contributed by atoms with Crippen LogP contribution in [0.1, 0.15) is 32.8 Å². The molecule has 0 aromatic heterocycles. The Morgan fingerprint density at radius 2 is 1.56 bits per heavy atom. The van der Waals surface area contributed by atoms with Crippen molar-refractivity contribution in [1.29, 1.82) is 0 Å². The lowest BCUT2D eigenvalue weighted by atomic mass is 10.0. The van der Waals surface area contributed by atoms with Crippen LogP contribution in [-0.4, -0.2) is 20.3 Å². The molecule has 1 atom stereocenters. The Kier molecular flexibility index (Phi) is 8.11. The van der Waals surface area contributed by atoms with E-state index >= 15 is 0 Å². The third kappa shape index (κ3) is 5.68. The highest BCUT2D eigenvalue weighted by Crippen LogP contribution is 2.48. The zero-order valence-electron chi connectivity index (χ0n) is 16.6. The molecule has 2 aromatic rings. The second-order valence-corrected chi connectivity index (χ2v) is 9.70. The lowest BCUT2D eigenvalue weighted by molar-refractivity contribution is 0.194. The Balaban J connectivity index is 2.46. The van der Waals surface area contributed by atoms with Crippen LogP contribution < -0.4 is 10.0 Å². The number of ether oxygens (including phenoxy) is 1. The van der Waals surface area contributed by atoms with Gasteiger partial charge in [-0.2, -0.15) is 0 Å². The van der Waals surface area contributed by atoms with Gasteiger partial charge in [0, 0.05) is 19.5 Å². The zero-order chi connectivity index (χ0) is 20.0. The molecule has 2 rings (SSSR count). The summed E-state index contributed by atoms with van der Waals surface area (Å²) in [5.74, 6) is 1.04. The highest BCUT2D eigenvalue weighted by Gasteiger charge is 2.30. The third-order valence-electron chi connectivity index (χ3n) is 4.31. The second-order valence-electron chi connectivity index (χ2n) is 6.93. The number of halogens is 1. The smallest absolute Gasteiger partial charge is 0.364 e. The van der Waals surface area contributed by atoms with E-state index in [-0.39, 0.29) is 6.10 Å². The van der Waals surface area contributed by atoms with Crippen molar-refractivity contribution >= 4 is 28.8 Å². The maximum Gasteiger partial charge on any atom is 0.364 e. The molecule has 0 saturated heterocycles. The van der Waals surface area contributed by atoms with Crippen LogP contribution in [0, 0.1) is 5.92 Å². The minimum absolute atomic E-state index is 0.00465. The van der Waals surface area contributed by atoms with Gasteiger partial charge in [0.2, 0.25) is 0 Å². The van der Waals surface area contributed by atoms with E-state index in [1.54, 1.807) is 0 Å². The number of hydrogen-bond donors (Lipinski definition) is 0. The Morgan fingerprint density at radius 3 is 2.07 bits per heavy atom. The largest absolute Gasteiger partial charge is 0.490 e. The second kappa shape index (κ2) is 9.88. The predicted octanol–water partition coefficient (Wildman–Crippen LogP) is 6.17. The van der Waals surface area contributed by atoms with Crippen LogP contribution in [0.15, 0.2) is 42.5 Å². The van der Waals surface area contributed by atoms with Gasteiger partial charge in [0.25, 0.3) is 0 Å². The summed E-state index contributed by atoms with van der Waals surface area (Å²) in [6.07, 6.45) is 0.898. The average molecular weight is 455 g/mol. The lowest BCUT2D eigenvalue weighted by Crippen LogP contribution is -2.20. The van der Waals surface area contributed by atoms with Crippen molar-refractivity contribution in [3.63, 3.8) is 0 Å². The summed E-state index contributed by atoms with van der Waals surface area (Å²) in [6.45, 7) is 6.31. The van der Waals surface area contributed by atoms with E-state index in [1.165, 1.54) is 19.8 Å². The maximum absolute atomic E-state index is 13.1. The summed E-state index contributed by atoms with van der Waals surface area (Å²) in [6, 6.07) is 13.9. The van der Waals surface area contributed by atoms with Crippen LogP contribution in [0.5, 0.6) is 5.75 Å². The van der Waals surface area contributed by atoms with Crippen molar-refractivity contribution in [2.45, 2.75) is 38.6 Å². The number of benzene rings is 2. The van der Waals surface area contributed by atoms with E-state index in [2.05, 4.69) is 41.9 Å². The van der Waals surface area contributed by atoms with Crippen LogP contribution in [-0.2, 0) is 18.9 Å². The van der Waals surface area contributed by atoms with Gasteiger partial charge in [-0.15, -0.1) is 0 Å². The van der Waals surface area contributed by atoms with E-state index in [9.17, 15) is 4.57 Å². The molecule has 0 amide bonds. The van der Waals surface area contributed by atoms with Gasteiger partial charge < -0.3 is 13.8 Å². The summed E-state index contributed by atoms with van der Waals surface area (Å²) >= 11 is 3.46. The molecular weight excluding hydrogens is 427 g/mol. The molecule has 2 aromatic carbocycles. The van der Waals surface area contributed by atoms with Crippen LogP contribution >= 0.6 is 23.5 Å². The van der Waals surface area contributed by atoms with Crippen molar-refractivity contribution in [1.82, 2.24) is 0 Å². The minimum Gasteiger partial charge on any atom is -0.490 e. The molecule has 0 saturated carbocycles. The molecule has 0 fully saturated rings. The molecule has 0 heterocycles. The molecule has 0 bridgehead atoms. The molecule has 0 N–H and O–H groups in total. The number of hydrogen-bond acceptors (Lipinski definition) is 4. The Bertz CT molecular complexity index is 781. The van der Waals surface area contributed by atoms with Gasteiger partial charge in [-0.05, 0) is 48.1 Å². The summed E-state index contributed by atoms with van der Waals surface area (Å²) in [5.41, 5.74) is 3.16. The number of alkyl halides is 1. The summed E-state index contributed by atoms with van der Waals surface area (Å²) < 4.78 is 29.7. The molecular formula is C21H28BrO4P. The molecule has 1 unspecified atom stereocenters. The van der Waals surface area contributed by atoms with Gasteiger partial charge in [0.05, 0.1) is 6.10 Å². The van der Waals surface area contributed by atoms with Gasteiger partial charge in [0.15, 0.2) is 0 Å². The van der Waals surface area contributed by atoms with Gasteiger partial charge in [-0.25, -0.2) is 0 Å². The summed E-state index contributed by atoms with van der Waals surface area (Å²) in [5, 5.41) is 1.26. The number of rotatable bonds is 9. The monoisotopic (exact) mass is 454 g/mol. The van der Waals surface area contributed by atoms with Gasteiger partial charge in [-0.1, -0.05) is 60.1 Å². The first-order valence-corrected chi connectivity index (χ1v) is 11.7. The van der Waals surface area contributed by atoms with Crippen LogP contribution in [0.3, 0.4) is 0 Å². The Labute approximate surface area is 170 Å². The average Bonchev–Trinajstić information content (AvgIpc) is 2.67. The van der Waals surface area contributed by atoms with Crippen LogP contribution in [0.2, 0.25) is 0 Å². The van der Waals surface area contributed by atoms with Crippen molar-refractivity contribution in [2.75, 3.05) is 14.2 Å². The van der Waals surface area contributed by atoms with Gasteiger partial charge >= 0.3 is 7.60 Å². The topological polar surface area (TPSA) is 44.8 Å². The molecule has 0 spiro atoms. The minimum atomic E-state index is -3.46. The highest BCUT2D eigenvalue weighted by molar-refractivity contribution is 9.08. The van der Waals surface area contributed by atoms with E-state index < -0.39 is 7.60 Å². The highest BCUT2D eigenvalue weighted by atomic mass is 79.9. The fourth-order valence-corrected chi connectivity index (χ4v) is 4.61. The first-order chi connectivity index (χ1) is 12.8. The normalized spacial score (nSPS) is 13.0. The molecule has 0 radical (unpaired) electrons. The fourth-order valence-electron chi connectivity index (χ4n) is 3.00. The lowest BCUT2D eigenvalue weighted by Gasteiger charge is -2.22. The summed E-state index contributed by atoms with van der Waals surface area (Å²) in [4.78, 5) is 0. The van der Waals surface area contributed by atoms with E-state index in [0.717, 1.165) is 22.9 Å². The van der Waals surface area contributed by atoms with E-state index in [1.807, 2.05) is 37.3 Å². The standard InChI is InChI=1S/C21H28BrO4P/c1-15(2)12-16(3)26-20-11-10-19(13-21(20)27(23,24-4)25-5)18-8-6-17(14-22)7-9-18/h6-11,13,15-16H,12,14H2,1-5H3. The maximum atomic E-state index is 13.1. The molecule has 0 aliphatic heterocycles. The van der Waals surface area contributed by atoms with Crippen molar-refractivity contribution in [2.24, 2.45) is 5.92 Å². The molecule has 148 valence electrons. The SMILES string of the molecule is COP(=O)(OC)c1cc(-c2ccc(CBr)cc2)ccc1OC(C)CC(C)C. The van der Waals surface area contributed by atoms with Crippen LogP contribution in [0.4, 0.5) is 0 Å². The predicted molar refractivity (Wildman–Crippen MR) is 115 cm³/mol. The van der Waals surface area contributed by atoms with E-state index in [0.29, 0.717) is 17.0 Å². The fraction of sp³-hybridized carbons (Fsp3) is 0.429. The molecule has 6 heteroatoms. The Hall–Kier alpha value is -1.13. The molecule has 4 nitrogen and oxygen atoms in total. The van der Waals surface area contributed by atoms with Gasteiger partial charge in [0.1, 0.15) is 11.1 Å². The van der Waals surface area contributed by atoms with Crippen LogP contribution in [0.25, 0.3) is 11.1 Å². The Morgan fingerprint density at radius 1 is 0.963 bits per heavy atom. The van der Waals surface area contributed by atoms with E-state index in [4.69, 9.17) is 13.8 Å². The molecule has 27 heavy (non-hydrogen) atoms. The van der Waals surface area contributed by atoms with Crippen molar-refractivity contribution in [3.05, 3.63) is 48.0 Å². The molecule has 0 aliphatic carbocycles. The quantitative estimate of drug-likeness (QED) is 0.335. The summed E-state index contributed by atoms with van der Waals surface area (Å²) in [7, 11) is -0.673. The third-order valence-corrected chi connectivity index (χ3v) is 6.86. The molecule has 0 aliphatic rings. The first-order valence-electron chi connectivity index (χ1n) is 9.01. The van der Waals surface area contributed by atoms with Crippen molar-refractivity contribution < 1.29 is 18.3 Å². The zero-order valence-corrected chi connectivity index (χ0v) is 19.0. The van der Waals surface area contributed by atoms with Gasteiger partial charge in [-0.3, -0.25) is 4.57 Å².